The van der Waals surface area contributed by atoms with E-state index in [4.69, 9.17) is 0 Å². The van der Waals surface area contributed by atoms with Gasteiger partial charge in [0.1, 0.15) is 0 Å². The normalized spacial score (nSPS) is 39.5. The first-order valence-corrected chi connectivity index (χ1v) is 7.50. The zero-order valence-corrected chi connectivity index (χ0v) is 11.2. The van der Waals surface area contributed by atoms with Crippen LogP contribution in [0.1, 0.15) is 44.9 Å². The van der Waals surface area contributed by atoms with Crippen LogP contribution in [-0.4, -0.2) is 15.9 Å². The van der Waals surface area contributed by atoms with E-state index in [-0.39, 0.29) is 5.91 Å². The second-order valence-corrected chi connectivity index (χ2v) is 7.08. The molecule has 0 aromatic carbocycles. The largest absolute Gasteiger partial charge is 0.331 e. The first kappa shape index (κ1) is 11.5. The number of H-pyrrole nitrogens is 1. The van der Waals surface area contributed by atoms with Crippen LogP contribution in [0.3, 0.4) is 0 Å². The SMILES string of the molecule is O=C(CC12CC3CC(CC(C3)C1)C2)Nc1ncc[nH]1. The van der Waals surface area contributed by atoms with Crippen molar-refractivity contribution in [2.24, 2.45) is 23.2 Å². The van der Waals surface area contributed by atoms with Crippen LogP contribution in [0.5, 0.6) is 0 Å². The van der Waals surface area contributed by atoms with Crippen LogP contribution in [0.4, 0.5) is 5.95 Å². The van der Waals surface area contributed by atoms with E-state index in [0.29, 0.717) is 17.8 Å². The van der Waals surface area contributed by atoms with Gasteiger partial charge in [0.15, 0.2) is 0 Å². The molecular weight excluding hydrogens is 238 g/mol. The highest BCUT2D eigenvalue weighted by Gasteiger charge is 2.51. The lowest BCUT2D eigenvalue weighted by molar-refractivity contribution is -0.124. The van der Waals surface area contributed by atoms with Crippen molar-refractivity contribution in [1.82, 2.24) is 9.97 Å². The molecule has 0 spiro atoms. The lowest BCUT2D eigenvalue weighted by Gasteiger charge is -2.56. The maximum absolute atomic E-state index is 12.2. The summed E-state index contributed by atoms with van der Waals surface area (Å²) in [4.78, 5) is 19.2. The molecule has 1 aromatic rings. The molecule has 1 heterocycles. The highest BCUT2D eigenvalue weighted by molar-refractivity contribution is 5.89. The molecule has 2 N–H and O–H groups in total. The molecule has 0 aliphatic heterocycles. The Labute approximate surface area is 113 Å². The Morgan fingerprint density at radius 1 is 1.26 bits per heavy atom. The second kappa shape index (κ2) is 4.09. The van der Waals surface area contributed by atoms with Gasteiger partial charge in [-0.3, -0.25) is 10.1 Å². The maximum atomic E-state index is 12.2. The van der Waals surface area contributed by atoms with E-state index in [1.807, 2.05) is 0 Å². The van der Waals surface area contributed by atoms with Gasteiger partial charge < -0.3 is 4.98 Å². The number of rotatable bonds is 3. The Balaban J connectivity index is 1.46. The summed E-state index contributed by atoms with van der Waals surface area (Å²) in [6.07, 6.45) is 12.2. The summed E-state index contributed by atoms with van der Waals surface area (Å²) >= 11 is 0. The predicted octanol–water partition coefficient (Wildman–Crippen LogP) is 2.95. The van der Waals surface area contributed by atoms with Crippen molar-refractivity contribution < 1.29 is 4.79 Å². The molecule has 19 heavy (non-hydrogen) atoms. The molecule has 4 heteroatoms. The van der Waals surface area contributed by atoms with Gasteiger partial charge >= 0.3 is 0 Å². The van der Waals surface area contributed by atoms with Gasteiger partial charge in [0.2, 0.25) is 11.9 Å². The molecule has 4 aliphatic carbocycles. The average Bonchev–Trinajstić information content (AvgIpc) is 2.78. The fourth-order valence-corrected chi connectivity index (χ4v) is 5.36. The topological polar surface area (TPSA) is 57.8 Å². The number of aromatic nitrogens is 2. The second-order valence-electron chi connectivity index (χ2n) is 7.08. The fourth-order valence-electron chi connectivity index (χ4n) is 5.36. The molecule has 0 radical (unpaired) electrons. The minimum Gasteiger partial charge on any atom is -0.331 e. The van der Waals surface area contributed by atoms with Gasteiger partial charge in [-0.2, -0.15) is 0 Å². The molecular formula is C15H21N3O. The molecule has 4 saturated carbocycles. The number of aromatic amines is 1. The van der Waals surface area contributed by atoms with Gasteiger partial charge in [-0.15, -0.1) is 0 Å². The smallest absolute Gasteiger partial charge is 0.227 e. The molecule has 0 unspecified atom stereocenters. The molecule has 1 amide bonds. The standard InChI is InChI=1S/C15H21N3O/c19-13(18-14-16-1-2-17-14)9-15-6-10-3-11(7-15)5-12(4-10)8-15/h1-2,10-12H,3-9H2,(H2,16,17,18,19). The van der Waals surface area contributed by atoms with Gasteiger partial charge in [0.05, 0.1) is 0 Å². The highest BCUT2D eigenvalue weighted by atomic mass is 16.1. The number of imidazole rings is 1. The van der Waals surface area contributed by atoms with Crippen molar-refractivity contribution >= 4 is 11.9 Å². The Hall–Kier alpha value is -1.32. The van der Waals surface area contributed by atoms with Crippen LogP contribution in [0.15, 0.2) is 12.4 Å². The van der Waals surface area contributed by atoms with Crippen LogP contribution >= 0.6 is 0 Å². The van der Waals surface area contributed by atoms with Crippen LogP contribution < -0.4 is 5.32 Å². The van der Waals surface area contributed by atoms with Gasteiger partial charge in [0, 0.05) is 18.8 Å². The monoisotopic (exact) mass is 259 g/mol. The zero-order chi connectivity index (χ0) is 12.9. The minimum absolute atomic E-state index is 0.136. The quantitative estimate of drug-likeness (QED) is 0.876. The van der Waals surface area contributed by atoms with Gasteiger partial charge in [-0.25, -0.2) is 4.98 Å². The Kier molecular flexibility index (Phi) is 2.47. The summed E-state index contributed by atoms with van der Waals surface area (Å²) in [6.45, 7) is 0. The first-order chi connectivity index (χ1) is 9.21. The molecule has 5 rings (SSSR count). The maximum Gasteiger partial charge on any atom is 0.227 e. The zero-order valence-electron chi connectivity index (χ0n) is 11.2. The van der Waals surface area contributed by atoms with Crippen LogP contribution in [0, 0.1) is 23.2 Å². The van der Waals surface area contributed by atoms with Crippen molar-refractivity contribution in [1.29, 1.82) is 0 Å². The Bertz CT molecular complexity index is 444. The average molecular weight is 259 g/mol. The molecule has 4 bridgehead atoms. The van der Waals surface area contributed by atoms with Crippen LogP contribution in [0.2, 0.25) is 0 Å². The van der Waals surface area contributed by atoms with Crippen LogP contribution in [-0.2, 0) is 4.79 Å². The number of anilines is 1. The van der Waals surface area contributed by atoms with Crippen molar-refractivity contribution in [2.75, 3.05) is 5.32 Å². The number of hydrogen-bond acceptors (Lipinski definition) is 2. The van der Waals surface area contributed by atoms with E-state index < -0.39 is 0 Å². The van der Waals surface area contributed by atoms with Gasteiger partial charge in [-0.1, -0.05) is 0 Å². The van der Waals surface area contributed by atoms with Crippen molar-refractivity contribution in [3.05, 3.63) is 12.4 Å². The van der Waals surface area contributed by atoms with Gasteiger partial charge in [0.25, 0.3) is 0 Å². The summed E-state index contributed by atoms with van der Waals surface area (Å²) in [5.74, 6) is 3.43. The van der Waals surface area contributed by atoms with Gasteiger partial charge in [-0.05, 0) is 61.7 Å². The summed E-state index contributed by atoms with van der Waals surface area (Å²) in [5, 5.41) is 2.89. The summed E-state index contributed by atoms with van der Waals surface area (Å²) < 4.78 is 0. The minimum atomic E-state index is 0.136. The van der Waals surface area contributed by atoms with Crippen molar-refractivity contribution in [2.45, 2.75) is 44.9 Å². The van der Waals surface area contributed by atoms with E-state index in [1.165, 1.54) is 38.5 Å². The molecule has 4 nitrogen and oxygen atoms in total. The third-order valence-electron chi connectivity index (χ3n) is 5.46. The Morgan fingerprint density at radius 3 is 2.42 bits per heavy atom. The highest BCUT2D eigenvalue weighted by Crippen LogP contribution is 2.61. The number of nitrogens with zero attached hydrogens (tertiary/aromatic N) is 1. The number of carbonyl (C=O) groups excluding carboxylic acids is 1. The number of nitrogens with one attached hydrogen (secondary N) is 2. The van der Waals surface area contributed by atoms with E-state index in [0.717, 1.165) is 17.8 Å². The van der Waals surface area contributed by atoms with Crippen molar-refractivity contribution in [3.8, 4) is 0 Å². The third-order valence-corrected chi connectivity index (χ3v) is 5.46. The molecule has 0 saturated heterocycles. The van der Waals surface area contributed by atoms with E-state index in [9.17, 15) is 4.79 Å². The summed E-state index contributed by atoms with van der Waals surface area (Å²) in [7, 11) is 0. The lowest BCUT2D eigenvalue weighted by Crippen LogP contribution is -2.47. The number of hydrogen-bond donors (Lipinski definition) is 2. The van der Waals surface area contributed by atoms with E-state index in [1.54, 1.807) is 12.4 Å². The Morgan fingerprint density at radius 2 is 1.89 bits per heavy atom. The predicted molar refractivity (Wildman–Crippen MR) is 72.4 cm³/mol. The fraction of sp³-hybridized carbons (Fsp3) is 0.733. The summed E-state index contributed by atoms with van der Waals surface area (Å²) in [6, 6.07) is 0. The van der Waals surface area contributed by atoms with Crippen molar-refractivity contribution in [3.63, 3.8) is 0 Å². The van der Waals surface area contributed by atoms with E-state index in [2.05, 4.69) is 15.3 Å². The third kappa shape index (κ3) is 2.07. The van der Waals surface area contributed by atoms with Crippen LogP contribution in [0.25, 0.3) is 0 Å². The summed E-state index contributed by atoms with van der Waals surface area (Å²) in [5.41, 5.74) is 0.311. The van der Waals surface area contributed by atoms with E-state index >= 15 is 0 Å². The number of carbonyl (C=O) groups is 1. The molecule has 4 fully saturated rings. The molecule has 1 aromatic heterocycles. The molecule has 0 atom stereocenters. The first-order valence-electron chi connectivity index (χ1n) is 7.50. The molecule has 4 aliphatic rings. The lowest BCUT2D eigenvalue weighted by atomic mass is 9.49. The number of amides is 1. The molecule has 102 valence electrons.